The fourth-order valence-electron chi connectivity index (χ4n) is 7.45. The number of allylic oxidation sites excluding steroid dienone is 1. The molecular formula is C36H46ClN3O5S. The number of ether oxygens (including phenoxy) is 2. The summed E-state index contributed by atoms with van der Waals surface area (Å²) in [6.07, 6.45) is 10.7. The van der Waals surface area contributed by atoms with Gasteiger partial charge in [-0.2, -0.15) is 0 Å². The summed E-state index contributed by atoms with van der Waals surface area (Å²) < 4.78 is 33.5. The normalized spacial score (nSPS) is 30.8. The Morgan fingerprint density at radius 1 is 1.22 bits per heavy atom. The number of carbonyl (C=O) groups excluding carboxylic acids is 2. The molecule has 0 aromatic heterocycles. The first-order chi connectivity index (χ1) is 22.1. The molecule has 2 heterocycles. The van der Waals surface area contributed by atoms with Crippen LogP contribution in [0.3, 0.4) is 0 Å². The van der Waals surface area contributed by atoms with Crippen molar-refractivity contribution in [1.29, 1.82) is 0 Å². The maximum absolute atomic E-state index is 14.0. The summed E-state index contributed by atoms with van der Waals surface area (Å²) in [4.78, 5) is 28.8. The number of hydrogen-bond acceptors (Lipinski definition) is 6. The van der Waals surface area contributed by atoms with Crippen molar-refractivity contribution in [3.05, 3.63) is 70.3 Å². The molecule has 248 valence electrons. The Labute approximate surface area is 278 Å². The predicted molar refractivity (Wildman–Crippen MR) is 183 cm³/mol. The number of aryl methyl sites for hydroxylation is 1. The van der Waals surface area contributed by atoms with Crippen molar-refractivity contribution in [3.63, 3.8) is 0 Å². The third kappa shape index (κ3) is 7.02. The van der Waals surface area contributed by atoms with Gasteiger partial charge in [-0.25, -0.2) is 4.21 Å². The molecule has 2 amide bonds. The second-order valence-corrected chi connectivity index (χ2v) is 16.1. The third-order valence-electron chi connectivity index (χ3n) is 10.4. The van der Waals surface area contributed by atoms with E-state index in [1.807, 2.05) is 18.2 Å². The molecule has 6 rings (SSSR count). The number of methoxy groups -OCH3 is 1. The van der Waals surface area contributed by atoms with Crippen molar-refractivity contribution in [2.24, 2.45) is 22.1 Å². The number of amides is 2. The lowest BCUT2D eigenvalue weighted by molar-refractivity contribution is -0.120. The van der Waals surface area contributed by atoms with Gasteiger partial charge in [0.1, 0.15) is 15.7 Å². The number of carbonyl (C=O) groups is 2. The lowest BCUT2D eigenvalue weighted by Gasteiger charge is -2.42. The molecule has 5 atom stereocenters. The largest absolute Gasteiger partial charge is 0.490 e. The Kier molecular flexibility index (Phi) is 9.83. The van der Waals surface area contributed by atoms with Crippen LogP contribution >= 0.6 is 11.6 Å². The summed E-state index contributed by atoms with van der Waals surface area (Å²) in [7, 11) is -1.56. The maximum Gasteiger partial charge on any atom is 0.286 e. The molecule has 0 saturated heterocycles. The van der Waals surface area contributed by atoms with Gasteiger partial charge in [0.15, 0.2) is 0 Å². The van der Waals surface area contributed by atoms with E-state index in [2.05, 4.69) is 52.1 Å². The molecule has 1 saturated carbocycles. The van der Waals surface area contributed by atoms with E-state index < -0.39 is 15.8 Å². The van der Waals surface area contributed by atoms with Crippen molar-refractivity contribution in [3.8, 4) is 5.75 Å². The summed E-state index contributed by atoms with van der Waals surface area (Å²) in [5.41, 5.74) is 3.45. The molecule has 1 unspecified atom stereocenters. The van der Waals surface area contributed by atoms with E-state index in [9.17, 15) is 13.8 Å². The highest BCUT2D eigenvalue weighted by Gasteiger charge is 2.42. The van der Waals surface area contributed by atoms with Crippen LogP contribution in [0.4, 0.5) is 5.69 Å². The zero-order valence-electron chi connectivity index (χ0n) is 27.1. The molecule has 1 N–H and O–H groups in total. The van der Waals surface area contributed by atoms with Gasteiger partial charge < -0.3 is 14.4 Å². The van der Waals surface area contributed by atoms with Crippen molar-refractivity contribution < 1.29 is 23.3 Å². The second kappa shape index (κ2) is 13.7. The molecule has 8 nitrogen and oxygen atoms in total. The quantitative estimate of drug-likeness (QED) is 0.357. The second-order valence-electron chi connectivity index (χ2n) is 13.6. The standard InChI is InChI=1S/C36H46ClN3O5S/c1-4-25-21-40-22-36(17-8-9-27-19-29(37)14-15-30(27)36)23-45-33-16-13-28(20-31(33)40)35(42)39-46(43,38-34(41)26-11-12-26)18-7-5-6-10-32(44-3)24(25)2/h6,10,13-16,19-20,24-26,32H,4-5,7-9,11-12,17-18,21-23H2,1-3H3,(H,38,39,41,42,43)/b10-6+/t24-,25+,32+,36+,46?/m1/s1. The minimum Gasteiger partial charge on any atom is -0.490 e. The molecule has 1 spiro atoms. The molecule has 2 bridgehead atoms. The van der Waals surface area contributed by atoms with Crippen LogP contribution in [0.5, 0.6) is 5.75 Å². The molecule has 2 aromatic rings. The average molecular weight is 668 g/mol. The molecule has 4 aliphatic rings. The zero-order chi connectivity index (χ0) is 32.5. The van der Waals surface area contributed by atoms with Crippen LogP contribution in [-0.2, 0) is 31.3 Å². The molecule has 2 aliphatic carbocycles. The predicted octanol–water partition coefficient (Wildman–Crippen LogP) is 6.89. The number of anilines is 1. The summed E-state index contributed by atoms with van der Waals surface area (Å²) in [6, 6.07) is 11.6. The average Bonchev–Trinajstić information content (AvgIpc) is 3.90. The number of halogens is 1. The van der Waals surface area contributed by atoms with E-state index in [0.717, 1.165) is 55.8 Å². The summed E-state index contributed by atoms with van der Waals surface area (Å²) in [6.45, 7) is 6.45. The fourth-order valence-corrected chi connectivity index (χ4v) is 9.30. The van der Waals surface area contributed by atoms with Crippen LogP contribution < -0.4 is 14.4 Å². The van der Waals surface area contributed by atoms with Gasteiger partial charge in [0, 0.05) is 42.1 Å². The third-order valence-corrected chi connectivity index (χ3v) is 12.4. The topological polar surface area (TPSA) is 97.3 Å². The first kappa shape index (κ1) is 33.0. The number of hydrogen-bond donors (Lipinski definition) is 1. The summed E-state index contributed by atoms with van der Waals surface area (Å²) >= 11 is 6.44. The van der Waals surface area contributed by atoms with E-state index in [4.69, 9.17) is 21.1 Å². The molecule has 0 radical (unpaired) electrons. The summed E-state index contributed by atoms with van der Waals surface area (Å²) in [5.74, 6) is 0.281. The van der Waals surface area contributed by atoms with E-state index in [0.29, 0.717) is 43.2 Å². The molecule has 10 heteroatoms. The minimum atomic E-state index is -3.31. The van der Waals surface area contributed by atoms with E-state index >= 15 is 0 Å². The van der Waals surface area contributed by atoms with Gasteiger partial charge in [0.2, 0.25) is 5.91 Å². The van der Waals surface area contributed by atoms with Crippen LogP contribution in [0.2, 0.25) is 5.02 Å². The van der Waals surface area contributed by atoms with Gasteiger partial charge in [-0.3, -0.25) is 14.3 Å². The Bertz CT molecular complexity index is 1630. The first-order valence-electron chi connectivity index (χ1n) is 16.7. The SMILES string of the molecule is CC[C@H]1CN2C[C@@]3(CCCc4cc(Cl)ccc43)COc3ccc(cc32)C(=O)N=S(=O)(NC(=O)C2CC2)CCC/C=C/[C@H](OC)[C@@H]1C. The Morgan fingerprint density at radius 2 is 2.04 bits per heavy atom. The Morgan fingerprint density at radius 3 is 2.80 bits per heavy atom. The van der Waals surface area contributed by atoms with Crippen molar-refractivity contribution in [2.45, 2.75) is 76.7 Å². The number of nitrogens with zero attached hydrogens (tertiary/aromatic N) is 2. The smallest absolute Gasteiger partial charge is 0.286 e. The Balaban J connectivity index is 1.44. The van der Waals surface area contributed by atoms with Gasteiger partial charge in [0.05, 0.1) is 24.2 Å². The van der Waals surface area contributed by atoms with Crippen molar-refractivity contribution in [1.82, 2.24) is 4.72 Å². The minimum absolute atomic E-state index is 0.0939. The van der Waals surface area contributed by atoms with Crippen LogP contribution in [-0.4, -0.2) is 54.7 Å². The highest BCUT2D eigenvalue weighted by atomic mass is 35.5. The van der Waals surface area contributed by atoms with Gasteiger partial charge in [-0.1, -0.05) is 50.1 Å². The zero-order valence-corrected chi connectivity index (χ0v) is 28.7. The number of fused-ring (bicyclic) bond motifs is 3. The molecule has 2 aliphatic heterocycles. The van der Waals surface area contributed by atoms with Gasteiger partial charge in [-0.15, -0.1) is 4.36 Å². The van der Waals surface area contributed by atoms with Gasteiger partial charge in [-0.05, 0) is 98.2 Å². The van der Waals surface area contributed by atoms with Gasteiger partial charge >= 0.3 is 0 Å². The number of rotatable bonds is 4. The lowest BCUT2D eigenvalue weighted by atomic mass is 9.70. The highest BCUT2D eigenvalue weighted by molar-refractivity contribution is 7.92. The van der Waals surface area contributed by atoms with E-state index in [1.54, 1.807) is 13.2 Å². The molecular weight excluding hydrogens is 622 g/mol. The summed E-state index contributed by atoms with van der Waals surface area (Å²) in [5, 5.41) is 0.744. The van der Waals surface area contributed by atoms with Gasteiger partial charge in [0.25, 0.3) is 5.91 Å². The Hall–Kier alpha value is -2.88. The van der Waals surface area contributed by atoms with Crippen LogP contribution in [0.15, 0.2) is 52.9 Å². The highest BCUT2D eigenvalue weighted by Crippen LogP contribution is 2.45. The molecule has 1 fully saturated rings. The maximum atomic E-state index is 14.0. The molecule has 46 heavy (non-hydrogen) atoms. The van der Waals surface area contributed by atoms with Crippen LogP contribution in [0, 0.1) is 17.8 Å². The van der Waals surface area contributed by atoms with Crippen molar-refractivity contribution in [2.75, 3.05) is 37.5 Å². The monoisotopic (exact) mass is 667 g/mol. The fraction of sp³-hybridized carbons (Fsp3) is 0.556. The van der Waals surface area contributed by atoms with Crippen LogP contribution in [0.1, 0.15) is 80.3 Å². The number of benzene rings is 2. The molecule has 2 aromatic carbocycles. The first-order valence-corrected chi connectivity index (χ1v) is 18.8. The lowest BCUT2D eigenvalue weighted by Crippen LogP contribution is -2.47. The van der Waals surface area contributed by atoms with E-state index in [-0.39, 0.29) is 35.0 Å². The van der Waals surface area contributed by atoms with Crippen molar-refractivity contribution >= 4 is 39.0 Å². The van der Waals surface area contributed by atoms with Crippen LogP contribution in [0.25, 0.3) is 0 Å². The number of nitrogens with one attached hydrogen (secondary N) is 1. The van der Waals surface area contributed by atoms with E-state index in [1.165, 1.54) is 11.1 Å².